The number of benzene rings is 1. The van der Waals surface area contributed by atoms with Gasteiger partial charge in [0.05, 0.1) is 13.0 Å². The first-order valence-corrected chi connectivity index (χ1v) is 6.79. The van der Waals surface area contributed by atoms with Gasteiger partial charge in [0.2, 0.25) is 5.91 Å². The van der Waals surface area contributed by atoms with E-state index in [1.807, 2.05) is 0 Å². The number of amides is 2. The van der Waals surface area contributed by atoms with Crippen molar-refractivity contribution >= 4 is 29.2 Å². The summed E-state index contributed by atoms with van der Waals surface area (Å²) in [6.45, 7) is 5.05. The molecule has 1 aromatic rings. The van der Waals surface area contributed by atoms with Crippen LogP contribution >= 0.6 is 0 Å². The minimum absolute atomic E-state index is 0.0234. The zero-order chi connectivity index (χ0) is 16.5. The molecule has 0 radical (unpaired) electrons. The molecule has 118 valence electrons. The maximum absolute atomic E-state index is 11.9. The zero-order valence-corrected chi connectivity index (χ0v) is 12.8. The van der Waals surface area contributed by atoms with Crippen LogP contribution < -0.4 is 10.7 Å². The first kappa shape index (κ1) is 17.4. The second-order valence-corrected chi connectivity index (χ2v) is 4.53. The lowest BCUT2D eigenvalue weighted by atomic mass is 10.2. The van der Waals surface area contributed by atoms with E-state index in [4.69, 9.17) is 4.74 Å². The van der Waals surface area contributed by atoms with Crippen molar-refractivity contribution in [2.75, 3.05) is 11.9 Å². The highest BCUT2D eigenvalue weighted by atomic mass is 16.5. The van der Waals surface area contributed by atoms with E-state index in [9.17, 15) is 14.4 Å². The number of rotatable bonds is 6. The number of hydrazone groups is 1. The largest absolute Gasteiger partial charge is 0.466 e. The van der Waals surface area contributed by atoms with Crippen LogP contribution in [0.25, 0.3) is 0 Å². The third kappa shape index (κ3) is 6.17. The van der Waals surface area contributed by atoms with E-state index in [-0.39, 0.29) is 12.3 Å². The molecule has 7 nitrogen and oxygen atoms in total. The Hall–Kier alpha value is -2.70. The molecule has 0 aromatic heterocycles. The number of esters is 1. The van der Waals surface area contributed by atoms with Crippen molar-refractivity contribution in [3.05, 3.63) is 29.8 Å². The normalized spacial score (nSPS) is 10.8. The lowest BCUT2D eigenvalue weighted by molar-refractivity contribution is -0.141. The number of anilines is 1. The van der Waals surface area contributed by atoms with E-state index in [0.717, 1.165) is 0 Å². The fourth-order valence-electron chi connectivity index (χ4n) is 1.58. The van der Waals surface area contributed by atoms with Crippen LogP contribution in [0.15, 0.2) is 29.4 Å². The Morgan fingerprint density at radius 2 is 1.77 bits per heavy atom. The predicted molar refractivity (Wildman–Crippen MR) is 82.6 cm³/mol. The Balaban J connectivity index is 2.57. The molecule has 0 bridgehead atoms. The van der Waals surface area contributed by atoms with E-state index in [0.29, 0.717) is 23.6 Å². The maximum atomic E-state index is 11.9. The summed E-state index contributed by atoms with van der Waals surface area (Å²) in [6.07, 6.45) is 0.0234. The third-order valence-electron chi connectivity index (χ3n) is 2.52. The summed E-state index contributed by atoms with van der Waals surface area (Å²) < 4.78 is 4.78. The number of nitrogens with zero attached hydrogens (tertiary/aromatic N) is 1. The highest BCUT2D eigenvalue weighted by molar-refractivity contribution is 5.99. The molecule has 7 heteroatoms. The SMILES string of the molecule is CCOC(=O)C/C(C)=N\NC(=O)c1ccc(NC(C)=O)cc1. The Bertz CT molecular complexity index is 579. The average Bonchev–Trinajstić information content (AvgIpc) is 2.45. The summed E-state index contributed by atoms with van der Waals surface area (Å²) in [6, 6.07) is 6.37. The smallest absolute Gasteiger partial charge is 0.311 e. The maximum Gasteiger partial charge on any atom is 0.311 e. The summed E-state index contributed by atoms with van der Waals surface area (Å²) in [5.74, 6) is -0.980. The average molecular weight is 305 g/mol. The van der Waals surface area contributed by atoms with E-state index in [1.54, 1.807) is 38.1 Å². The van der Waals surface area contributed by atoms with Crippen LogP contribution in [0.1, 0.15) is 37.6 Å². The number of carbonyl (C=O) groups excluding carboxylic acids is 3. The van der Waals surface area contributed by atoms with Gasteiger partial charge in [-0.15, -0.1) is 0 Å². The predicted octanol–water partition coefficient (Wildman–Crippen LogP) is 1.70. The van der Waals surface area contributed by atoms with Crippen molar-refractivity contribution in [1.82, 2.24) is 5.43 Å². The lowest BCUT2D eigenvalue weighted by Crippen LogP contribution is -2.20. The van der Waals surface area contributed by atoms with E-state index >= 15 is 0 Å². The molecular weight excluding hydrogens is 286 g/mol. The van der Waals surface area contributed by atoms with Crippen LogP contribution in [-0.4, -0.2) is 30.1 Å². The van der Waals surface area contributed by atoms with Crippen molar-refractivity contribution in [2.45, 2.75) is 27.2 Å². The molecule has 0 aliphatic heterocycles. The second kappa shape index (κ2) is 8.56. The van der Waals surface area contributed by atoms with Crippen LogP contribution in [-0.2, 0) is 14.3 Å². The van der Waals surface area contributed by atoms with E-state index in [1.165, 1.54) is 6.92 Å². The molecular formula is C15H19N3O4. The fourth-order valence-corrected chi connectivity index (χ4v) is 1.58. The Labute approximate surface area is 128 Å². The number of hydrogen-bond acceptors (Lipinski definition) is 5. The first-order chi connectivity index (χ1) is 10.4. The van der Waals surface area contributed by atoms with Crippen LogP contribution in [0.3, 0.4) is 0 Å². The molecule has 22 heavy (non-hydrogen) atoms. The first-order valence-electron chi connectivity index (χ1n) is 6.79. The number of carbonyl (C=O) groups is 3. The molecule has 1 aromatic carbocycles. The third-order valence-corrected chi connectivity index (χ3v) is 2.52. The van der Waals surface area contributed by atoms with Crippen molar-refractivity contribution in [2.24, 2.45) is 5.10 Å². The van der Waals surface area contributed by atoms with Crippen molar-refractivity contribution in [3.63, 3.8) is 0 Å². The second-order valence-electron chi connectivity index (χ2n) is 4.53. The van der Waals surface area contributed by atoms with E-state index < -0.39 is 11.9 Å². The molecule has 2 amide bonds. The van der Waals surface area contributed by atoms with Crippen LogP contribution in [0.4, 0.5) is 5.69 Å². The fraction of sp³-hybridized carbons (Fsp3) is 0.333. The summed E-state index contributed by atoms with van der Waals surface area (Å²) >= 11 is 0. The topological polar surface area (TPSA) is 96.9 Å². The molecule has 0 aliphatic carbocycles. The van der Waals surface area contributed by atoms with Gasteiger partial charge >= 0.3 is 5.97 Å². The summed E-state index contributed by atoms with van der Waals surface area (Å²) in [5.41, 5.74) is 3.80. The van der Waals surface area contributed by atoms with Gasteiger partial charge in [0, 0.05) is 23.9 Å². The van der Waals surface area contributed by atoms with Crippen molar-refractivity contribution in [3.8, 4) is 0 Å². The Kier molecular flexibility index (Phi) is 6.75. The minimum Gasteiger partial charge on any atom is -0.466 e. The summed E-state index contributed by atoms with van der Waals surface area (Å²) in [7, 11) is 0. The van der Waals surface area contributed by atoms with Crippen LogP contribution in [0.5, 0.6) is 0 Å². The molecule has 0 fully saturated rings. The van der Waals surface area contributed by atoms with Gasteiger partial charge < -0.3 is 10.1 Å². The minimum atomic E-state index is -0.405. The summed E-state index contributed by atoms with van der Waals surface area (Å²) in [5, 5.41) is 6.45. The number of nitrogens with one attached hydrogen (secondary N) is 2. The lowest BCUT2D eigenvalue weighted by Gasteiger charge is -2.05. The highest BCUT2D eigenvalue weighted by Crippen LogP contribution is 2.09. The molecule has 0 atom stereocenters. The molecule has 0 saturated heterocycles. The Morgan fingerprint density at radius 1 is 1.14 bits per heavy atom. The van der Waals surface area contributed by atoms with Gasteiger partial charge in [-0.1, -0.05) is 0 Å². The standard InChI is InChI=1S/C15H19N3O4/c1-4-22-14(20)9-10(2)17-18-15(21)12-5-7-13(8-6-12)16-11(3)19/h5-8H,4,9H2,1-3H3,(H,16,19)(H,18,21)/b17-10-. The zero-order valence-electron chi connectivity index (χ0n) is 12.8. The quantitative estimate of drug-likeness (QED) is 0.475. The van der Waals surface area contributed by atoms with Crippen LogP contribution in [0, 0.1) is 0 Å². The van der Waals surface area contributed by atoms with Gasteiger partial charge in [-0.05, 0) is 38.1 Å². The van der Waals surface area contributed by atoms with Crippen molar-refractivity contribution < 1.29 is 19.1 Å². The van der Waals surface area contributed by atoms with Gasteiger partial charge in [-0.3, -0.25) is 14.4 Å². The van der Waals surface area contributed by atoms with Gasteiger partial charge in [0.15, 0.2) is 0 Å². The number of ether oxygens (including phenoxy) is 1. The van der Waals surface area contributed by atoms with E-state index in [2.05, 4.69) is 15.8 Å². The van der Waals surface area contributed by atoms with Crippen molar-refractivity contribution in [1.29, 1.82) is 0 Å². The molecule has 1 rings (SSSR count). The summed E-state index contributed by atoms with van der Waals surface area (Å²) in [4.78, 5) is 34.0. The van der Waals surface area contributed by atoms with Gasteiger partial charge in [-0.2, -0.15) is 5.10 Å². The van der Waals surface area contributed by atoms with Gasteiger partial charge in [0.25, 0.3) is 5.91 Å². The molecule has 0 unspecified atom stereocenters. The molecule has 0 saturated carbocycles. The number of hydrogen-bond donors (Lipinski definition) is 2. The monoisotopic (exact) mass is 305 g/mol. The van der Waals surface area contributed by atoms with Gasteiger partial charge in [0.1, 0.15) is 0 Å². The van der Waals surface area contributed by atoms with Crippen LogP contribution in [0.2, 0.25) is 0 Å². The molecule has 0 aliphatic rings. The molecule has 0 spiro atoms. The molecule has 2 N–H and O–H groups in total. The Morgan fingerprint density at radius 3 is 2.32 bits per heavy atom. The van der Waals surface area contributed by atoms with Gasteiger partial charge in [-0.25, -0.2) is 5.43 Å². The highest BCUT2D eigenvalue weighted by Gasteiger charge is 2.07. The molecule has 0 heterocycles.